The summed E-state index contributed by atoms with van der Waals surface area (Å²) < 4.78 is 4.90. The molecule has 0 aromatic heterocycles. The third-order valence-corrected chi connectivity index (χ3v) is 1.95. The van der Waals surface area contributed by atoms with E-state index in [1.165, 1.54) is 0 Å². The van der Waals surface area contributed by atoms with Gasteiger partial charge in [0.1, 0.15) is 0 Å². The van der Waals surface area contributed by atoms with Crippen molar-refractivity contribution in [3.8, 4) is 0 Å². The molecule has 0 heterocycles. The predicted octanol–water partition coefficient (Wildman–Crippen LogP) is 1.10. The molecule has 0 bridgehead atoms. The molecule has 0 atom stereocenters. The monoisotopic (exact) mass is 279 g/mol. The Balaban J connectivity index is 0.000000441. The summed E-state index contributed by atoms with van der Waals surface area (Å²) in [4.78, 5) is 11.2. The number of carbonyl (C=O) groups is 1. The number of nitrogens with one attached hydrogen (secondary N) is 1. The molecule has 0 aliphatic heterocycles. The molecular formula is C15H21NO4. The Morgan fingerprint density at radius 1 is 1.20 bits per heavy atom. The molecule has 5 heteroatoms. The third-order valence-electron chi connectivity index (χ3n) is 1.95. The summed E-state index contributed by atoms with van der Waals surface area (Å²) in [6.45, 7) is 8.02. The minimum atomic E-state index is -1.51. The fourth-order valence-electron chi connectivity index (χ4n) is 1.11. The molecule has 0 fully saturated rings. The van der Waals surface area contributed by atoms with Crippen molar-refractivity contribution >= 4 is 5.91 Å². The lowest BCUT2D eigenvalue weighted by Gasteiger charge is -2.05. The number of rotatable bonds is 7. The van der Waals surface area contributed by atoms with E-state index in [9.17, 15) is 4.79 Å². The van der Waals surface area contributed by atoms with Crippen molar-refractivity contribution in [2.75, 3.05) is 19.8 Å². The number of hydrogen-bond acceptors (Lipinski definition) is 4. The molecule has 0 spiro atoms. The Hall–Kier alpha value is -1.95. The molecule has 0 aliphatic carbocycles. The van der Waals surface area contributed by atoms with Gasteiger partial charge in [-0.15, -0.1) is 13.2 Å². The first-order valence-corrected chi connectivity index (χ1v) is 6.10. The summed E-state index contributed by atoms with van der Waals surface area (Å²) in [5.74, 6) is -0.311. The van der Waals surface area contributed by atoms with Crippen LogP contribution in [-0.2, 0) is 4.74 Å². The zero-order valence-corrected chi connectivity index (χ0v) is 11.4. The molecule has 0 unspecified atom stereocenters. The quantitative estimate of drug-likeness (QED) is 0.397. The number of benzene rings is 1. The van der Waals surface area contributed by atoms with Crippen LogP contribution in [0.25, 0.3) is 0 Å². The highest BCUT2D eigenvalue weighted by molar-refractivity contribution is 5.94. The van der Waals surface area contributed by atoms with E-state index in [-0.39, 0.29) is 12.5 Å². The highest BCUT2D eigenvalue weighted by Gasteiger charge is 2.04. The van der Waals surface area contributed by atoms with Crippen molar-refractivity contribution in [3.05, 3.63) is 61.2 Å². The Morgan fingerprint density at radius 2 is 1.75 bits per heavy atom. The molecule has 0 saturated carbocycles. The average molecular weight is 279 g/mol. The summed E-state index contributed by atoms with van der Waals surface area (Å²) in [5, 5.41) is 19.3. The number of aliphatic hydroxyl groups excluding tert-OH is 1. The molecule has 1 rings (SSSR count). The standard InChI is InChI=1S/C9H11NO3.C6H10O/c11-8(12)6-10-9(13)7-4-2-1-3-5-7;1-3-5-7-6-4-2/h1-5,8,11-12H,6H2,(H,10,13);3-4H,1-2,5-6H2. The van der Waals surface area contributed by atoms with E-state index in [2.05, 4.69) is 18.5 Å². The molecule has 3 N–H and O–H groups in total. The van der Waals surface area contributed by atoms with Gasteiger partial charge in [-0.3, -0.25) is 4.79 Å². The first kappa shape index (κ1) is 18.0. The van der Waals surface area contributed by atoms with Crippen LogP contribution < -0.4 is 5.32 Å². The lowest BCUT2D eigenvalue weighted by molar-refractivity contribution is -0.0361. The first-order chi connectivity index (χ1) is 9.61. The van der Waals surface area contributed by atoms with Crippen LogP contribution in [0.4, 0.5) is 0 Å². The SMILES string of the molecule is C=CCOCC=C.O=C(NCC(O)O)c1ccccc1. The molecule has 5 nitrogen and oxygen atoms in total. The number of aliphatic hydroxyl groups is 2. The van der Waals surface area contributed by atoms with Gasteiger partial charge in [-0.05, 0) is 12.1 Å². The minimum absolute atomic E-state index is 0.159. The van der Waals surface area contributed by atoms with Gasteiger partial charge in [0, 0.05) is 5.56 Å². The number of ether oxygens (including phenoxy) is 1. The molecule has 0 aliphatic rings. The van der Waals surface area contributed by atoms with E-state index < -0.39 is 6.29 Å². The normalized spacial score (nSPS) is 9.35. The van der Waals surface area contributed by atoms with Crippen LogP contribution in [0, 0.1) is 0 Å². The van der Waals surface area contributed by atoms with Gasteiger partial charge < -0.3 is 20.3 Å². The van der Waals surface area contributed by atoms with E-state index in [0.717, 1.165) is 0 Å². The number of amides is 1. The van der Waals surface area contributed by atoms with Gasteiger partial charge in [-0.1, -0.05) is 30.4 Å². The number of carbonyl (C=O) groups excluding carboxylic acids is 1. The average Bonchev–Trinajstić information content (AvgIpc) is 2.47. The van der Waals surface area contributed by atoms with Crippen molar-refractivity contribution < 1.29 is 19.7 Å². The lowest BCUT2D eigenvalue weighted by Crippen LogP contribution is -2.31. The van der Waals surface area contributed by atoms with Gasteiger partial charge >= 0.3 is 0 Å². The van der Waals surface area contributed by atoms with Crippen molar-refractivity contribution in [2.24, 2.45) is 0 Å². The van der Waals surface area contributed by atoms with Crippen LogP contribution in [0.15, 0.2) is 55.6 Å². The topological polar surface area (TPSA) is 78.8 Å². The Morgan fingerprint density at radius 3 is 2.20 bits per heavy atom. The molecule has 0 radical (unpaired) electrons. The second-order valence-electron chi connectivity index (χ2n) is 3.67. The molecule has 20 heavy (non-hydrogen) atoms. The summed E-state index contributed by atoms with van der Waals surface area (Å²) >= 11 is 0. The van der Waals surface area contributed by atoms with Gasteiger partial charge in [-0.2, -0.15) is 0 Å². The maximum Gasteiger partial charge on any atom is 0.251 e. The van der Waals surface area contributed by atoms with Crippen LogP contribution in [-0.4, -0.2) is 42.2 Å². The Labute approximate surface area is 119 Å². The molecular weight excluding hydrogens is 258 g/mol. The largest absolute Gasteiger partial charge is 0.373 e. The van der Waals surface area contributed by atoms with Crippen LogP contribution >= 0.6 is 0 Å². The van der Waals surface area contributed by atoms with E-state index in [1.54, 1.807) is 42.5 Å². The summed E-state index contributed by atoms with van der Waals surface area (Å²) in [7, 11) is 0. The highest BCUT2D eigenvalue weighted by atomic mass is 16.5. The molecule has 110 valence electrons. The van der Waals surface area contributed by atoms with Gasteiger partial charge in [0.15, 0.2) is 6.29 Å². The van der Waals surface area contributed by atoms with Crippen LogP contribution in [0.5, 0.6) is 0 Å². The maximum absolute atomic E-state index is 11.2. The van der Waals surface area contributed by atoms with Crippen LogP contribution in [0.1, 0.15) is 10.4 Å². The smallest absolute Gasteiger partial charge is 0.251 e. The second-order valence-corrected chi connectivity index (χ2v) is 3.67. The zero-order chi connectivity index (χ0) is 15.2. The van der Waals surface area contributed by atoms with E-state index >= 15 is 0 Å². The van der Waals surface area contributed by atoms with Crippen molar-refractivity contribution in [3.63, 3.8) is 0 Å². The fourth-order valence-corrected chi connectivity index (χ4v) is 1.11. The Bertz CT molecular complexity index is 382. The van der Waals surface area contributed by atoms with Crippen molar-refractivity contribution in [1.29, 1.82) is 0 Å². The summed E-state index contributed by atoms with van der Waals surface area (Å²) in [6, 6.07) is 8.59. The van der Waals surface area contributed by atoms with E-state index in [0.29, 0.717) is 18.8 Å². The van der Waals surface area contributed by atoms with E-state index in [4.69, 9.17) is 14.9 Å². The summed E-state index contributed by atoms with van der Waals surface area (Å²) in [6.07, 6.45) is 1.92. The molecule has 0 saturated heterocycles. The van der Waals surface area contributed by atoms with Gasteiger partial charge in [0.05, 0.1) is 19.8 Å². The van der Waals surface area contributed by atoms with Crippen molar-refractivity contribution in [1.82, 2.24) is 5.32 Å². The molecule has 1 aromatic rings. The zero-order valence-electron chi connectivity index (χ0n) is 11.4. The fraction of sp³-hybridized carbons (Fsp3) is 0.267. The lowest BCUT2D eigenvalue weighted by atomic mass is 10.2. The van der Waals surface area contributed by atoms with Crippen LogP contribution in [0.3, 0.4) is 0 Å². The van der Waals surface area contributed by atoms with Crippen molar-refractivity contribution in [2.45, 2.75) is 6.29 Å². The summed E-state index contributed by atoms with van der Waals surface area (Å²) in [5.41, 5.74) is 0.503. The predicted molar refractivity (Wildman–Crippen MR) is 78.2 cm³/mol. The van der Waals surface area contributed by atoms with Gasteiger partial charge in [0.2, 0.25) is 0 Å². The molecule has 1 aromatic carbocycles. The Kier molecular flexibility index (Phi) is 10.9. The first-order valence-electron chi connectivity index (χ1n) is 6.10. The third kappa shape index (κ3) is 10.0. The molecule has 1 amide bonds. The minimum Gasteiger partial charge on any atom is -0.373 e. The van der Waals surface area contributed by atoms with Gasteiger partial charge in [0.25, 0.3) is 5.91 Å². The van der Waals surface area contributed by atoms with Gasteiger partial charge in [-0.25, -0.2) is 0 Å². The highest BCUT2D eigenvalue weighted by Crippen LogP contribution is 1.97. The van der Waals surface area contributed by atoms with Crippen LogP contribution in [0.2, 0.25) is 0 Å². The number of hydrogen-bond donors (Lipinski definition) is 3. The maximum atomic E-state index is 11.2. The second kappa shape index (κ2) is 12.1. The van der Waals surface area contributed by atoms with E-state index in [1.807, 2.05) is 0 Å².